The number of hydrogen-bond donors (Lipinski definition) is 0. The van der Waals surface area contributed by atoms with Crippen LogP contribution in [-0.4, -0.2) is 34.5 Å². The van der Waals surface area contributed by atoms with Crippen LogP contribution in [-0.2, 0) is 4.74 Å². The Morgan fingerprint density at radius 1 is 0.550 bits per heavy atom. The highest BCUT2D eigenvalue weighted by molar-refractivity contribution is 5.81. The first kappa shape index (κ1) is 26.8. The van der Waals surface area contributed by atoms with Gasteiger partial charge >= 0.3 is 0 Å². The summed E-state index contributed by atoms with van der Waals surface area (Å²) in [6, 6.07) is 32.9. The van der Waals surface area contributed by atoms with E-state index < -0.39 is 0 Å². The second kappa shape index (κ2) is 12.3. The zero-order chi connectivity index (χ0) is 27.9. The minimum absolute atomic E-state index is 0.0457. The van der Waals surface area contributed by atoms with Gasteiger partial charge in [0.25, 0.3) is 0 Å². The molecule has 0 aromatic heterocycles. The van der Waals surface area contributed by atoms with Gasteiger partial charge in [0.05, 0.1) is 40.2 Å². The van der Waals surface area contributed by atoms with Crippen molar-refractivity contribution in [3.63, 3.8) is 0 Å². The van der Waals surface area contributed by atoms with E-state index in [1.165, 1.54) is 0 Å². The minimum atomic E-state index is 0.0457. The van der Waals surface area contributed by atoms with Gasteiger partial charge in [-0.3, -0.25) is 0 Å². The molecule has 204 valence electrons. The lowest BCUT2D eigenvalue weighted by molar-refractivity contribution is 0.272. The molecule has 0 aliphatic heterocycles. The van der Waals surface area contributed by atoms with Crippen molar-refractivity contribution in [2.75, 3.05) is 38.2 Å². The highest BCUT2D eigenvalue weighted by Gasteiger charge is 2.24. The summed E-state index contributed by atoms with van der Waals surface area (Å²) in [6.07, 6.45) is 7.02. The van der Waals surface area contributed by atoms with Crippen LogP contribution < -0.4 is 24.0 Å². The van der Waals surface area contributed by atoms with Gasteiger partial charge in [-0.25, -0.2) is 0 Å². The van der Waals surface area contributed by atoms with Gasteiger partial charge in [-0.05, 0) is 60.7 Å². The number of allylic oxidation sites excluding steroid dienone is 2. The van der Waals surface area contributed by atoms with E-state index in [0.29, 0.717) is 0 Å². The Morgan fingerprint density at radius 3 is 1.52 bits per heavy atom. The van der Waals surface area contributed by atoms with Gasteiger partial charge in [0, 0.05) is 53.1 Å². The quantitative estimate of drug-likeness (QED) is 0.204. The molecule has 1 aliphatic carbocycles. The van der Waals surface area contributed by atoms with Crippen molar-refractivity contribution in [1.82, 2.24) is 0 Å². The first-order chi connectivity index (χ1) is 19.6. The van der Waals surface area contributed by atoms with Crippen LogP contribution in [0.15, 0.2) is 121 Å². The largest absolute Gasteiger partial charge is 0.501 e. The number of ether oxygens (including phenoxy) is 4. The Labute approximate surface area is 236 Å². The van der Waals surface area contributed by atoms with Crippen molar-refractivity contribution < 1.29 is 18.9 Å². The first-order valence-corrected chi connectivity index (χ1v) is 13.2. The Kier molecular flexibility index (Phi) is 8.26. The number of rotatable bonds is 10. The summed E-state index contributed by atoms with van der Waals surface area (Å²) in [5.74, 6) is 3.30. The molecule has 0 bridgehead atoms. The highest BCUT2D eigenvalue weighted by atomic mass is 16.5. The number of nitrogens with zero attached hydrogens (tertiary/aromatic N) is 2. The average molecular weight is 535 g/mol. The fourth-order valence-corrected chi connectivity index (χ4v) is 4.98. The molecule has 4 aromatic carbocycles. The molecule has 40 heavy (non-hydrogen) atoms. The Balaban J connectivity index is 1.65. The van der Waals surface area contributed by atoms with Crippen LogP contribution in [0.5, 0.6) is 17.2 Å². The predicted octanol–water partition coefficient (Wildman–Crippen LogP) is 8.18. The third-order valence-corrected chi connectivity index (χ3v) is 6.94. The molecule has 1 unspecified atom stereocenters. The fourth-order valence-electron chi connectivity index (χ4n) is 4.98. The third kappa shape index (κ3) is 5.76. The summed E-state index contributed by atoms with van der Waals surface area (Å²) in [5, 5.41) is 0. The van der Waals surface area contributed by atoms with Crippen LogP contribution in [0, 0.1) is 0 Å². The van der Waals surface area contributed by atoms with Crippen LogP contribution in [0.25, 0.3) is 0 Å². The maximum atomic E-state index is 5.64. The van der Waals surface area contributed by atoms with Gasteiger partial charge in [-0.2, -0.15) is 0 Å². The van der Waals surface area contributed by atoms with Crippen LogP contribution in [0.1, 0.15) is 6.42 Å². The number of benzene rings is 4. The van der Waals surface area contributed by atoms with Crippen molar-refractivity contribution in [3.8, 4) is 17.2 Å². The van der Waals surface area contributed by atoms with E-state index in [4.69, 9.17) is 18.9 Å². The highest BCUT2D eigenvalue weighted by Crippen LogP contribution is 2.41. The molecule has 0 heterocycles. The van der Waals surface area contributed by atoms with E-state index in [9.17, 15) is 0 Å². The second-order valence-electron chi connectivity index (χ2n) is 9.32. The molecule has 4 aromatic rings. The zero-order valence-corrected chi connectivity index (χ0v) is 23.3. The molecule has 1 atom stereocenters. The Morgan fingerprint density at radius 2 is 1.00 bits per heavy atom. The molecule has 6 heteroatoms. The molecule has 0 fully saturated rings. The van der Waals surface area contributed by atoms with Crippen molar-refractivity contribution in [3.05, 3.63) is 121 Å². The van der Waals surface area contributed by atoms with Crippen LogP contribution in [0.2, 0.25) is 0 Å². The zero-order valence-electron chi connectivity index (χ0n) is 23.3. The lowest BCUT2D eigenvalue weighted by atomic mass is 10.0. The molecule has 1 aliphatic rings. The maximum Gasteiger partial charge on any atom is 0.120 e. The standard InChI is InChI=1S/C34H34N2O4/c1-37-31-16-6-12-27(21-31)35(28-13-7-17-32(22-28)38-2)25-10-5-11-26(20-25)36(29-14-8-18-33(23-29)39-3)30-15-9-19-34(24-30)40-4/h5-23,30H,24H2,1-4H3. The molecule has 0 amide bonds. The smallest absolute Gasteiger partial charge is 0.120 e. The summed E-state index contributed by atoms with van der Waals surface area (Å²) in [4.78, 5) is 4.53. The van der Waals surface area contributed by atoms with Gasteiger partial charge in [-0.15, -0.1) is 0 Å². The monoisotopic (exact) mass is 534 g/mol. The van der Waals surface area contributed by atoms with Gasteiger partial charge in [0.1, 0.15) is 17.2 Å². The Hall–Kier alpha value is -4.84. The normalized spacial score (nSPS) is 14.2. The van der Waals surface area contributed by atoms with Crippen molar-refractivity contribution >= 4 is 28.4 Å². The number of hydrogen-bond acceptors (Lipinski definition) is 6. The van der Waals surface area contributed by atoms with Crippen LogP contribution in [0.4, 0.5) is 28.4 Å². The van der Waals surface area contributed by atoms with Gasteiger partial charge in [0.2, 0.25) is 0 Å². The molecule has 0 saturated heterocycles. The SMILES string of the molecule is COC1=CC=CC(N(c2cccc(OC)c2)c2cccc(N(c3cccc(OC)c3)c3cccc(OC)c3)c2)C1. The molecule has 0 spiro atoms. The van der Waals surface area contributed by atoms with E-state index in [1.54, 1.807) is 28.4 Å². The van der Waals surface area contributed by atoms with E-state index in [0.717, 1.165) is 57.9 Å². The van der Waals surface area contributed by atoms with Crippen molar-refractivity contribution in [1.29, 1.82) is 0 Å². The van der Waals surface area contributed by atoms with E-state index in [1.807, 2.05) is 54.6 Å². The second-order valence-corrected chi connectivity index (χ2v) is 9.32. The van der Waals surface area contributed by atoms with Crippen molar-refractivity contribution in [2.24, 2.45) is 0 Å². The van der Waals surface area contributed by atoms with E-state index in [2.05, 4.69) is 70.5 Å². The lowest BCUT2D eigenvalue weighted by Crippen LogP contribution is -2.31. The average Bonchev–Trinajstić information content (AvgIpc) is 3.02. The van der Waals surface area contributed by atoms with Gasteiger partial charge in [0.15, 0.2) is 0 Å². The lowest BCUT2D eigenvalue weighted by Gasteiger charge is -2.35. The molecule has 5 rings (SSSR count). The van der Waals surface area contributed by atoms with Gasteiger partial charge in [-0.1, -0.05) is 36.4 Å². The molecule has 0 N–H and O–H groups in total. The predicted molar refractivity (Wildman–Crippen MR) is 162 cm³/mol. The van der Waals surface area contributed by atoms with E-state index in [-0.39, 0.29) is 6.04 Å². The third-order valence-electron chi connectivity index (χ3n) is 6.94. The molecule has 0 saturated carbocycles. The summed E-state index contributed by atoms with van der Waals surface area (Å²) in [5.41, 5.74) is 5.00. The minimum Gasteiger partial charge on any atom is -0.501 e. The van der Waals surface area contributed by atoms with Crippen molar-refractivity contribution in [2.45, 2.75) is 12.5 Å². The number of anilines is 5. The maximum absolute atomic E-state index is 5.64. The van der Waals surface area contributed by atoms with Gasteiger partial charge < -0.3 is 28.7 Å². The topological polar surface area (TPSA) is 43.4 Å². The first-order valence-electron chi connectivity index (χ1n) is 13.2. The number of methoxy groups -OCH3 is 4. The van der Waals surface area contributed by atoms with E-state index >= 15 is 0 Å². The van der Waals surface area contributed by atoms with Crippen LogP contribution >= 0.6 is 0 Å². The molecule has 6 nitrogen and oxygen atoms in total. The summed E-state index contributed by atoms with van der Waals surface area (Å²) < 4.78 is 22.3. The molecular formula is C34H34N2O4. The summed E-state index contributed by atoms with van der Waals surface area (Å²) in [6.45, 7) is 0. The van der Waals surface area contributed by atoms with Crippen LogP contribution in [0.3, 0.4) is 0 Å². The Bertz CT molecular complexity index is 1470. The fraction of sp³-hybridized carbons (Fsp3) is 0.176. The summed E-state index contributed by atoms with van der Waals surface area (Å²) >= 11 is 0. The molecular weight excluding hydrogens is 500 g/mol. The summed E-state index contributed by atoms with van der Waals surface area (Å²) in [7, 11) is 6.78. The molecule has 0 radical (unpaired) electrons.